The molecule has 0 spiro atoms. The molecule has 0 fully saturated rings. The smallest absolute Gasteiger partial charge is 0.164 e. The van der Waals surface area contributed by atoms with Crippen LogP contribution in [0.4, 0.5) is 0 Å². The van der Waals surface area contributed by atoms with E-state index in [4.69, 9.17) is 19.4 Å². The van der Waals surface area contributed by atoms with Gasteiger partial charge >= 0.3 is 0 Å². The van der Waals surface area contributed by atoms with E-state index in [9.17, 15) is 0 Å². The lowest BCUT2D eigenvalue weighted by Gasteiger charge is -2.33. The number of aromatic amines is 1. The molecule has 76 heavy (non-hydrogen) atoms. The zero-order valence-electron chi connectivity index (χ0n) is 41.3. The van der Waals surface area contributed by atoms with E-state index < -0.39 is 0 Å². The van der Waals surface area contributed by atoms with Crippen LogP contribution in [0, 0.1) is 0 Å². The van der Waals surface area contributed by atoms with Crippen LogP contribution in [0.5, 0.6) is 0 Å². The topological polar surface area (TPSA) is 67.6 Å². The van der Waals surface area contributed by atoms with Gasteiger partial charge in [-0.05, 0) is 127 Å². The first-order valence-electron chi connectivity index (χ1n) is 26.0. The molecule has 0 bridgehead atoms. The van der Waals surface area contributed by atoms with Gasteiger partial charge in [0.15, 0.2) is 17.5 Å². The van der Waals surface area contributed by atoms with E-state index >= 15 is 0 Å². The largest absolute Gasteiger partial charge is 0.456 e. The van der Waals surface area contributed by atoms with Crippen molar-refractivity contribution in [3.05, 3.63) is 271 Å². The van der Waals surface area contributed by atoms with Crippen LogP contribution in [-0.4, -0.2) is 19.9 Å². The maximum Gasteiger partial charge on any atom is 0.164 e. The van der Waals surface area contributed by atoms with Crippen LogP contribution < -0.4 is 0 Å². The predicted octanol–water partition coefficient (Wildman–Crippen LogP) is 18.4. The summed E-state index contributed by atoms with van der Waals surface area (Å²) in [4.78, 5) is 19.9. The van der Waals surface area contributed by atoms with Crippen LogP contribution in [0.15, 0.2) is 259 Å². The van der Waals surface area contributed by atoms with Crippen LogP contribution in [0.1, 0.15) is 22.6 Å². The fraction of sp³-hybridized carbons (Fsp3) is 0.0282. The molecule has 1 N–H and O–H groups in total. The maximum atomic E-state index is 6.45. The second kappa shape index (κ2) is 17.9. The molecule has 15 rings (SSSR count). The summed E-state index contributed by atoms with van der Waals surface area (Å²) in [5.74, 6) is 1.69. The third kappa shape index (κ3) is 7.51. The Bertz CT molecular complexity index is 4350. The molecule has 5 heteroatoms. The molecule has 11 aromatic carbocycles. The van der Waals surface area contributed by atoms with Gasteiger partial charge in [-0.15, -0.1) is 0 Å². The molecule has 3 aromatic heterocycles. The number of furan rings is 1. The van der Waals surface area contributed by atoms with Crippen LogP contribution in [0.2, 0.25) is 0 Å². The van der Waals surface area contributed by atoms with Crippen molar-refractivity contribution in [3.8, 4) is 89.8 Å². The molecular weight excluding hydrogens is 925 g/mol. The Morgan fingerprint density at radius 1 is 0.316 bits per heavy atom. The third-order valence-electron chi connectivity index (χ3n) is 15.5. The normalized spacial score (nSPS) is 13.1. The van der Waals surface area contributed by atoms with Crippen molar-refractivity contribution in [3.63, 3.8) is 0 Å². The van der Waals surface area contributed by atoms with E-state index in [1.807, 2.05) is 18.2 Å². The third-order valence-corrected chi connectivity index (χ3v) is 15.5. The molecule has 0 radical (unpaired) electrons. The lowest BCUT2D eigenvalue weighted by atomic mass is 9.71. The maximum absolute atomic E-state index is 6.45. The van der Waals surface area contributed by atoms with Gasteiger partial charge in [0, 0.05) is 55.2 Å². The van der Waals surface area contributed by atoms with Crippen LogP contribution >= 0.6 is 0 Å². The van der Waals surface area contributed by atoms with Crippen LogP contribution in [-0.2, 0) is 6.42 Å². The summed E-state index contributed by atoms with van der Waals surface area (Å²) >= 11 is 0. The van der Waals surface area contributed by atoms with Gasteiger partial charge in [0.25, 0.3) is 0 Å². The van der Waals surface area contributed by atoms with Crippen molar-refractivity contribution >= 4 is 43.7 Å². The molecule has 14 aromatic rings. The summed E-state index contributed by atoms with van der Waals surface area (Å²) in [5, 5.41) is 4.46. The molecule has 1 aliphatic carbocycles. The number of nitrogens with one attached hydrogen (secondary N) is 1. The second-order valence-electron chi connectivity index (χ2n) is 19.9. The van der Waals surface area contributed by atoms with Gasteiger partial charge in [0.2, 0.25) is 0 Å². The molecule has 0 saturated heterocycles. The first-order valence-corrected chi connectivity index (χ1v) is 26.0. The van der Waals surface area contributed by atoms with Crippen molar-refractivity contribution in [2.45, 2.75) is 12.3 Å². The van der Waals surface area contributed by atoms with E-state index in [0.29, 0.717) is 17.5 Å². The summed E-state index contributed by atoms with van der Waals surface area (Å²) in [6.07, 6.45) is 0.806. The number of fused-ring (bicyclic) bond motifs is 9. The van der Waals surface area contributed by atoms with E-state index in [2.05, 4.69) is 242 Å². The average molecular weight is 971 g/mol. The Hall–Kier alpha value is -9.97. The predicted molar refractivity (Wildman–Crippen MR) is 312 cm³/mol. The van der Waals surface area contributed by atoms with E-state index in [-0.39, 0.29) is 5.92 Å². The van der Waals surface area contributed by atoms with Crippen LogP contribution in [0.3, 0.4) is 0 Å². The summed E-state index contributed by atoms with van der Waals surface area (Å²) in [5.41, 5.74) is 22.1. The van der Waals surface area contributed by atoms with Gasteiger partial charge in [0.05, 0.1) is 0 Å². The van der Waals surface area contributed by atoms with Gasteiger partial charge in [0.1, 0.15) is 11.2 Å². The minimum atomic E-state index is -0.0281. The lowest BCUT2D eigenvalue weighted by Crippen LogP contribution is -2.15. The fourth-order valence-electron chi connectivity index (χ4n) is 11.8. The van der Waals surface area contributed by atoms with Gasteiger partial charge in [-0.2, -0.15) is 0 Å². The Kier molecular flexibility index (Phi) is 10.3. The number of aromatic nitrogens is 4. The lowest BCUT2D eigenvalue weighted by molar-refractivity contribution is 0.669. The number of hydrogen-bond donors (Lipinski definition) is 1. The van der Waals surface area contributed by atoms with E-state index in [1.165, 1.54) is 55.5 Å². The first kappa shape index (κ1) is 43.6. The first-order chi connectivity index (χ1) is 37.6. The molecule has 356 valence electrons. The SMILES string of the molecule is c1ccc(-c2ccc3c(c2)CC(c2c(-c4ccccc4)cc(-c4nc(-c5ccc6c(c5)[nH]c5ccccc56)nc(-c5ccc6c(c5)oc5ccccc56)n4)cc2-c2ccccc2)c2cc(-c4ccccc4)ccc2-3)cc1. The number of nitrogens with zero attached hydrogens (tertiary/aromatic N) is 3. The van der Waals surface area contributed by atoms with Crippen molar-refractivity contribution < 1.29 is 4.42 Å². The van der Waals surface area contributed by atoms with Crippen molar-refractivity contribution in [2.75, 3.05) is 0 Å². The molecule has 0 aliphatic heterocycles. The summed E-state index contributed by atoms with van der Waals surface area (Å²) < 4.78 is 6.45. The summed E-state index contributed by atoms with van der Waals surface area (Å²) in [7, 11) is 0. The van der Waals surface area contributed by atoms with Crippen molar-refractivity contribution in [2.24, 2.45) is 0 Å². The number of para-hydroxylation sites is 2. The molecule has 1 unspecified atom stereocenters. The Balaban J connectivity index is 0.980. The molecule has 1 aliphatic rings. The van der Waals surface area contributed by atoms with Crippen LogP contribution in [0.25, 0.3) is 134 Å². The van der Waals surface area contributed by atoms with Gasteiger partial charge in [-0.25, -0.2) is 15.0 Å². The highest BCUT2D eigenvalue weighted by atomic mass is 16.3. The molecule has 0 saturated carbocycles. The number of rotatable bonds is 8. The quantitative estimate of drug-likeness (QED) is 0.165. The Labute approximate surface area is 439 Å². The Morgan fingerprint density at radius 3 is 1.46 bits per heavy atom. The number of hydrogen-bond acceptors (Lipinski definition) is 4. The standard InChI is InChI=1S/C71H46N4O/c1-5-17-44(18-6-1)48-29-33-54-52(37-48)39-63(62-38-49(30-34-55(54)62)45-19-7-2-8-20-45)68-60(46-21-9-3-10-22-46)40-53(41-61(68)47-23-11-4-12-24-47)71-74-69(50-31-35-57-56-25-13-15-27-64(56)72-65(57)42-50)73-70(75-71)51-32-36-59-58-26-14-16-28-66(58)76-67(59)43-51/h1-38,40-43,63,72H,39H2. The van der Waals surface area contributed by atoms with Gasteiger partial charge in [-0.3, -0.25) is 0 Å². The monoisotopic (exact) mass is 970 g/mol. The average Bonchev–Trinajstić information content (AvgIpc) is 4.07. The second-order valence-corrected chi connectivity index (χ2v) is 19.9. The fourth-order valence-corrected chi connectivity index (χ4v) is 11.8. The molecular formula is C71H46N4O. The van der Waals surface area contributed by atoms with Gasteiger partial charge in [-0.1, -0.05) is 206 Å². The molecule has 5 nitrogen and oxygen atoms in total. The summed E-state index contributed by atoms with van der Waals surface area (Å²) in [6.45, 7) is 0. The minimum absolute atomic E-state index is 0.0281. The van der Waals surface area contributed by atoms with Crippen molar-refractivity contribution in [1.29, 1.82) is 0 Å². The zero-order chi connectivity index (χ0) is 50.1. The summed E-state index contributed by atoms with van der Waals surface area (Å²) in [6, 6.07) is 91.4. The number of benzene rings is 11. The molecule has 1 atom stereocenters. The minimum Gasteiger partial charge on any atom is -0.456 e. The van der Waals surface area contributed by atoms with Gasteiger partial charge < -0.3 is 9.40 Å². The number of H-pyrrole nitrogens is 1. The Morgan fingerprint density at radius 2 is 0.803 bits per heavy atom. The molecule has 3 heterocycles. The van der Waals surface area contributed by atoms with Crippen molar-refractivity contribution in [1.82, 2.24) is 19.9 Å². The molecule has 0 amide bonds. The van der Waals surface area contributed by atoms with E-state index in [1.54, 1.807) is 0 Å². The zero-order valence-corrected chi connectivity index (χ0v) is 41.3. The highest BCUT2D eigenvalue weighted by molar-refractivity contribution is 6.08. The highest BCUT2D eigenvalue weighted by Gasteiger charge is 2.32. The van der Waals surface area contributed by atoms with E-state index in [0.717, 1.165) is 83.7 Å². The highest BCUT2D eigenvalue weighted by Crippen LogP contribution is 2.51.